The Balaban J connectivity index is 0.000000276. The third kappa shape index (κ3) is 11.5. The molecule has 0 saturated heterocycles. The molecule has 6 aromatic rings. The standard InChI is InChI=1S/C27H37O4P.C27H37O3P.2CH3.Fe/c1-26(2,3)22-15-17(28-7)13-20-21-14-18(29-8)16-23(27(4,5)6)25(21)31-32(30-24(20)22)19-11-9-10-12-19;1-17-13-20-21-15-18(28-8)16-23(27(5,6)7)25(21)30-31(19-11-9-10-12-19)29-24(20)22(14-17)26(2,3)4;;;/h13-16,19H,9-12H2,1-8H3;13-16,19H,9-12H2,1-8H3;2*1H3;/q;;2*-1;+2. The van der Waals surface area contributed by atoms with Gasteiger partial charge in [-0.15, -0.1) is 0 Å². The van der Waals surface area contributed by atoms with E-state index in [1.54, 1.807) is 21.3 Å². The van der Waals surface area contributed by atoms with Gasteiger partial charge < -0.3 is 45.9 Å². The van der Waals surface area contributed by atoms with Crippen molar-refractivity contribution in [1.82, 2.24) is 0 Å². The van der Waals surface area contributed by atoms with Crippen LogP contribution in [0.4, 0.5) is 0 Å². The first-order valence-electron chi connectivity index (χ1n) is 23.2. The van der Waals surface area contributed by atoms with Gasteiger partial charge in [0.2, 0.25) is 16.0 Å². The third-order valence-electron chi connectivity index (χ3n) is 12.9. The molecule has 10 heteroatoms. The van der Waals surface area contributed by atoms with Crippen molar-refractivity contribution in [2.24, 2.45) is 0 Å². The van der Waals surface area contributed by atoms with E-state index in [4.69, 9.17) is 31.0 Å². The Bertz CT molecular complexity index is 2620. The zero-order chi connectivity index (χ0) is 45.8. The van der Waals surface area contributed by atoms with Gasteiger partial charge in [-0.1, -0.05) is 115 Å². The van der Waals surface area contributed by atoms with Crippen molar-refractivity contribution < 1.29 is 48.1 Å². The zero-order valence-electron chi connectivity index (χ0n) is 43.5. The number of hydrogen-bond acceptors (Lipinski definition) is 7. The molecule has 0 amide bonds. The smallest absolute Gasteiger partial charge is 0.497 e. The van der Waals surface area contributed by atoms with Crippen molar-refractivity contribution in [3.05, 3.63) is 91.2 Å². The molecule has 0 aliphatic heterocycles. The molecule has 8 rings (SSSR count). The Labute approximate surface area is 410 Å². The Morgan fingerprint density at radius 2 is 0.652 bits per heavy atom. The van der Waals surface area contributed by atoms with Gasteiger partial charge >= 0.3 is 17.1 Å². The Morgan fingerprint density at radius 3 is 0.894 bits per heavy atom. The maximum Gasteiger partial charge on any atom is 2.00 e. The van der Waals surface area contributed by atoms with Gasteiger partial charge in [-0.2, -0.15) is 0 Å². The molecule has 0 radical (unpaired) electrons. The maximum absolute atomic E-state index is 6.88. The molecule has 66 heavy (non-hydrogen) atoms. The van der Waals surface area contributed by atoms with Crippen molar-refractivity contribution in [2.75, 3.05) is 21.3 Å². The molecule has 2 aliphatic rings. The Hall–Kier alpha value is -3.40. The summed E-state index contributed by atoms with van der Waals surface area (Å²) in [5.41, 5.74) is 10.5. The van der Waals surface area contributed by atoms with E-state index in [1.807, 2.05) is 0 Å². The molecule has 7 nitrogen and oxygen atoms in total. The molecule has 2 aliphatic carbocycles. The summed E-state index contributed by atoms with van der Waals surface area (Å²) in [5.74, 6) is 2.52. The molecule has 2 heterocycles. The zero-order valence-corrected chi connectivity index (χ0v) is 46.4. The number of methoxy groups -OCH3 is 3. The molecule has 2 saturated carbocycles. The summed E-state index contributed by atoms with van der Waals surface area (Å²) in [6.45, 7) is 29.0. The van der Waals surface area contributed by atoms with E-state index in [0.29, 0.717) is 11.3 Å². The van der Waals surface area contributed by atoms with Gasteiger partial charge in [0.25, 0.3) is 0 Å². The minimum Gasteiger partial charge on any atom is -0.497 e. The summed E-state index contributed by atoms with van der Waals surface area (Å²) in [7, 11) is 3.01. The summed E-state index contributed by atoms with van der Waals surface area (Å²) < 4.78 is 44.7. The van der Waals surface area contributed by atoms with Crippen LogP contribution < -0.4 is 14.2 Å². The number of ether oxygens (including phenoxy) is 3. The van der Waals surface area contributed by atoms with Crippen LogP contribution in [0.2, 0.25) is 0 Å². The SMILES string of the molecule is COc1cc(C(C)(C)C)c2op(C3CCCC3)oc3c(C(C)(C)C)cc(C)cc3c2c1.COc1cc(C(C)(C)C)c2op(C3CCCC3)oc3c(C(C)(C)C)cc(OC)cc3c2c1.[CH3-].[CH3-].[Fe+2]. The van der Waals surface area contributed by atoms with Crippen molar-refractivity contribution in [3.8, 4) is 17.2 Å². The molecule has 0 spiro atoms. The molecule has 2 aromatic heterocycles. The Kier molecular flexibility index (Phi) is 17.6. The number of aryl methyl sites for hydroxylation is 1. The summed E-state index contributed by atoms with van der Waals surface area (Å²) in [6, 6.07) is 17.2. The van der Waals surface area contributed by atoms with Gasteiger partial charge in [-0.05, 0) is 102 Å². The molecule has 1 atom stereocenters. The first-order chi connectivity index (χ1) is 29.5. The summed E-state index contributed by atoms with van der Waals surface area (Å²) in [6.07, 6.45) is 9.74. The fourth-order valence-electron chi connectivity index (χ4n) is 9.28. The van der Waals surface area contributed by atoms with Gasteiger partial charge in [-0.25, -0.2) is 0 Å². The van der Waals surface area contributed by atoms with Crippen LogP contribution in [0.5, 0.6) is 17.2 Å². The van der Waals surface area contributed by atoms with Crippen molar-refractivity contribution in [1.29, 1.82) is 0 Å². The van der Waals surface area contributed by atoms with Crippen molar-refractivity contribution in [2.45, 2.75) is 174 Å². The molecule has 0 bridgehead atoms. The van der Waals surface area contributed by atoms with Crippen molar-refractivity contribution >= 4 is 59.9 Å². The summed E-state index contributed by atoms with van der Waals surface area (Å²) in [4.78, 5) is 0. The van der Waals surface area contributed by atoms with E-state index in [9.17, 15) is 0 Å². The fourth-order valence-corrected chi connectivity index (χ4v) is 13.0. The third-order valence-corrected chi connectivity index (χ3v) is 16.6. The van der Waals surface area contributed by atoms with Gasteiger partial charge in [0.1, 0.15) is 39.6 Å². The average Bonchev–Trinajstić information content (AvgIpc) is 3.90. The number of benzene rings is 4. The monoisotopic (exact) mass is 982 g/mol. The fraction of sp³-hybridized carbons (Fsp3) is 0.536. The predicted octanol–water partition coefficient (Wildman–Crippen LogP) is 19.2. The minimum atomic E-state index is -1.11. The van der Waals surface area contributed by atoms with Crippen LogP contribution in [0.25, 0.3) is 43.9 Å². The van der Waals surface area contributed by atoms with Crippen LogP contribution in [0.1, 0.15) is 174 Å². The first kappa shape index (κ1) is 55.2. The van der Waals surface area contributed by atoms with Gasteiger partial charge in [-0.3, -0.25) is 0 Å². The number of fused-ring (bicyclic) bond motifs is 6. The molecular formula is C56H80FeO7P2. The van der Waals surface area contributed by atoms with Gasteiger partial charge in [0.05, 0.1) is 32.6 Å². The first-order valence-corrected chi connectivity index (χ1v) is 25.6. The van der Waals surface area contributed by atoms with E-state index in [2.05, 4.69) is 139 Å². The van der Waals surface area contributed by atoms with Gasteiger partial charge in [0, 0.05) is 43.8 Å². The van der Waals surface area contributed by atoms with Crippen LogP contribution in [0.3, 0.4) is 0 Å². The molecular weight excluding hydrogens is 902 g/mol. The summed E-state index contributed by atoms with van der Waals surface area (Å²) >= 11 is 0. The van der Waals surface area contributed by atoms with Crippen molar-refractivity contribution in [3.63, 3.8) is 0 Å². The predicted molar refractivity (Wildman–Crippen MR) is 280 cm³/mol. The normalized spacial score (nSPS) is 15.2. The molecule has 0 N–H and O–H groups in total. The minimum absolute atomic E-state index is 0. The Morgan fingerprint density at radius 1 is 0.409 bits per heavy atom. The van der Waals surface area contributed by atoms with E-state index in [0.717, 1.165) is 72.3 Å². The molecule has 2 fully saturated rings. The van der Waals surface area contributed by atoms with E-state index >= 15 is 0 Å². The van der Waals surface area contributed by atoms with Gasteiger partial charge in [0.15, 0.2) is 0 Å². The van der Waals surface area contributed by atoms with Crippen LogP contribution in [0.15, 0.2) is 65.3 Å². The molecule has 1 unspecified atom stereocenters. The van der Waals surface area contributed by atoms with E-state index in [-0.39, 0.29) is 53.6 Å². The second kappa shape index (κ2) is 21.1. The number of hydrogen-bond donors (Lipinski definition) is 0. The molecule has 4 aromatic carbocycles. The van der Waals surface area contributed by atoms with Crippen LogP contribution in [-0.2, 0) is 38.7 Å². The van der Waals surface area contributed by atoms with E-state index in [1.165, 1.54) is 68.1 Å². The molecule has 364 valence electrons. The second-order valence-electron chi connectivity index (χ2n) is 22.2. The van der Waals surface area contributed by atoms with Crippen LogP contribution in [0, 0.1) is 21.8 Å². The quantitative estimate of drug-likeness (QED) is 0.126. The summed E-state index contributed by atoms with van der Waals surface area (Å²) in [5, 5.41) is 4.28. The topological polar surface area (TPSA) is 80.3 Å². The van der Waals surface area contributed by atoms with E-state index < -0.39 is 16.0 Å². The average molecular weight is 983 g/mol. The van der Waals surface area contributed by atoms with Crippen LogP contribution >= 0.6 is 16.0 Å². The maximum atomic E-state index is 6.88. The van der Waals surface area contributed by atoms with Crippen LogP contribution in [-0.4, -0.2) is 21.3 Å². The number of rotatable bonds is 5. The largest absolute Gasteiger partial charge is 2.00 e. The second-order valence-corrected chi connectivity index (χ2v) is 25.5.